The Morgan fingerprint density at radius 1 is 1.10 bits per heavy atom. The number of hydrogen-bond donors (Lipinski definition) is 1. The predicted molar refractivity (Wildman–Crippen MR) is 86.2 cm³/mol. The largest absolute Gasteiger partial charge is 0.395 e. The number of aliphatic hydroxyl groups excluding tert-OH is 1. The van der Waals surface area contributed by atoms with Crippen molar-refractivity contribution in [3.05, 3.63) is 29.8 Å². The van der Waals surface area contributed by atoms with Crippen molar-refractivity contribution in [3.63, 3.8) is 0 Å². The number of para-hydroxylation sites is 1. The summed E-state index contributed by atoms with van der Waals surface area (Å²) in [5, 5.41) is 9.05. The predicted octanol–water partition coefficient (Wildman–Crippen LogP) is 0.493. The van der Waals surface area contributed by atoms with Gasteiger partial charge in [0.1, 0.15) is 5.84 Å². The molecule has 0 spiro atoms. The molecule has 3 rings (SSSR count). The maximum absolute atomic E-state index is 9.05. The lowest BCUT2D eigenvalue weighted by molar-refractivity contribution is 0.147. The summed E-state index contributed by atoms with van der Waals surface area (Å²) in [6.07, 6.45) is 0. The first-order chi connectivity index (χ1) is 10.3. The Hall–Kier alpha value is -1.59. The van der Waals surface area contributed by atoms with Crippen molar-refractivity contribution >= 4 is 11.5 Å². The van der Waals surface area contributed by atoms with Gasteiger partial charge >= 0.3 is 0 Å². The minimum absolute atomic E-state index is 0.245. The van der Waals surface area contributed by atoms with Crippen LogP contribution < -0.4 is 4.90 Å². The first-order valence-corrected chi connectivity index (χ1v) is 7.73. The molecule has 0 bridgehead atoms. The molecule has 2 aliphatic rings. The number of aliphatic imine (C=N–C) groups is 1. The van der Waals surface area contributed by atoms with Gasteiger partial charge in [0.25, 0.3) is 0 Å². The molecule has 0 aromatic heterocycles. The summed E-state index contributed by atoms with van der Waals surface area (Å²) in [6.45, 7) is 6.79. The number of nitrogens with zero attached hydrogens (tertiary/aromatic N) is 4. The van der Waals surface area contributed by atoms with Crippen LogP contribution in [0.2, 0.25) is 0 Å². The normalized spacial score (nSPS) is 20.0. The Morgan fingerprint density at radius 3 is 2.62 bits per heavy atom. The summed E-state index contributed by atoms with van der Waals surface area (Å²) in [6, 6.07) is 8.54. The van der Waals surface area contributed by atoms with E-state index in [0.717, 1.165) is 51.6 Å². The van der Waals surface area contributed by atoms with Crippen molar-refractivity contribution in [1.82, 2.24) is 9.80 Å². The molecule has 0 radical (unpaired) electrons. The van der Waals surface area contributed by atoms with Gasteiger partial charge in [-0.2, -0.15) is 0 Å². The topological polar surface area (TPSA) is 42.3 Å². The first kappa shape index (κ1) is 14.4. The van der Waals surface area contributed by atoms with Gasteiger partial charge in [-0.25, -0.2) is 0 Å². The van der Waals surface area contributed by atoms with Gasteiger partial charge in [-0.05, 0) is 12.1 Å². The number of anilines is 1. The summed E-state index contributed by atoms with van der Waals surface area (Å²) >= 11 is 0. The summed E-state index contributed by atoms with van der Waals surface area (Å²) in [7, 11) is 2.14. The van der Waals surface area contributed by atoms with Gasteiger partial charge in [0.2, 0.25) is 0 Å². The van der Waals surface area contributed by atoms with Crippen LogP contribution in [0.4, 0.5) is 5.69 Å². The van der Waals surface area contributed by atoms with E-state index in [-0.39, 0.29) is 6.61 Å². The van der Waals surface area contributed by atoms with E-state index in [9.17, 15) is 0 Å². The third-order valence-corrected chi connectivity index (χ3v) is 4.34. The number of amidine groups is 1. The molecule has 1 fully saturated rings. The Balaban J connectivity index is 1.79. The Bertz CT molecular complexity index is 509. The smallest absolute Gasteiger partial charge is 0.133 e. The molecule has 2 aliphatic heterocycles. The fourth-order valence-electron chi connectivity index (χ4n) is 3.10. The molecular weight excluding hydrogens is 264 g/mol. The van der Waals surface area contributed by atoms with Crippen molar-refractivity contribution in [1.29, 1.82) is 0 Å². The summed E-state index contributed by atoms with van der Waals surface area (Å²) in [4.78, 5) is 11.8. The van der Waals surface area contributed by atoms with Gasteiger partial charge in [-0.1, -0.05) is 12.1 Å². The number of aliphatic hydroxyl groups is 1. The fourth-order valence-corrected chi connectivity index (χ4v) is 3.10. The molecule has 5 nitrogen and oxygen atoms in total. The quantitative estimate of drug-likeness (QED) is 0.860. The van der Waals surface area contributed by atoms with Crippen molar-refractivity contribution in [2.75, 3.05) is 64.4 Å². The van der Waals surface area contributed by atoms with Crippen molar-refractivity contribution < 1.29 is 5.11 Å². The third-order valence-electron chi connectivity index (χ3n) is 4.34. The minimum Gasteiger partial charge on any atom is -0.395 e. The van der Waals surface area contributed by atoms with Gasteiger partial charge in [0.05, 0.1) is 13.2 Å². The second-order valence-electron chi connectivity index (χ2n) is 5.70. The van der Waals surface area contributed by atoms with Crippen LogP contribution in [0, 0.1) is 0 Å². The second kappa shape index (κ2) is 6.45. The van der Waals surface area contributed by atoms with Crippen LogP contribution in [-0.2, 0) is 0 Å². The van der Waals surface area contributed by atoms with Crippen LogP contribution in [-0.4, -0.2) is 80.2 Å². The summed E-state index contributed by atoms with van der Waals surface area (Å²) < 4.78 is 0. The van der Waals surface area contributed by atoms with Gasteiger partial charge in [-0.15, -0.1) is 0 Å². The van der Waals surface area contributed by atoms with E-state index in [1.165, 1.54) is 11.3 Å². The van der Waals surface area contributed by atoms with E-state index in [1.54, 1.807) is 0 Å². The number of β-amino-alcohol motifs (C(OH)–C–C–N with tert-alkyl or cyclic N) is 1. The highest BCUT2D eigenvalue weighted by atomic mass is 16.3. The first-order valence-electron chi connectivity index (χ1n) is 7.73. The van der Waals surface area contributed by atoms with Gasteiger partial charge in [0, 0.05) is 57.6 Å². The highest BCUT2D eigenvalue weighted by molar-refractivity contribution is 6.04. The highest BCUT2D eigenvalue weighted by Crippen LogP contribution is 2.24. The maximum Gasteiger partial charge on any atom is 0.133 e. The number of rotatable bonds is 2. The standard InChI is InChI=1S/C16H24N4O/c1-18-7-6-17-16(14-4-2-3-5-15(14)18)20-10-8-19(9-11-20)12-13-21/h2-5,21H,6-13H2,1H3. The van der Waals surface area contributed by atoms with E-state index in [2.05, 4.69) is 46.0 Å². The van der Waals surface area contributed by atoms with Crippen LogP contribution >= 0.6 is 0 Å². The van der Waals surface area contributed by atoms with Crippen LogP contribution in [0.5, 0.6) is 0 Å². The maximum atomic E-state index is 9.05. The van der Waals surface area contributed by atoms with E-state index in [4.69, 9.17) is 10.1 Å². The molecule has 21 heavy (non-hydrogen) atoms. The molecule has 0 amide bonds. The SMILES string of the molecule is CN1CCN=C(N2CCN(CCO)CC2)c2ccccc21. The highest BCUT2D eigenvalue weighted by Gasteiger charge is 2.24. The van der Waals surface area contributed by atoms with E-state index in [1.807, 2.05) is 0 Å². The van der Waals surface area contributed by atoms with Crippen molar-refractivity contribution in [3.8, 4) is 0 Å². The number of fused-ring (bicyclic) bond motifs is 1. The van der Waals surface area contributed by atoms with Gasteiger partial charge in [-0.3, -0.25) is 9.89 Å². The minimum atomic E-state index is 0.245. The van der Waals surface area contributed by atoms with Crippen molar-refractivity contribution in [2.24, 2.45) is 4.99 Å². The Labute approximate surface area is 126 Å². The van der Waals surface area contributed by atoms with Crippen LogP contribution in [0.3, 0.4) is 0 Å². The molecular formula is C16H24N4O. The lowest BCUT2D eigenvalue weighted by atomic mass is 10.1. The summed E-state index contributed by atoms with van der Waals surface area (Å²) in [5.41, 5.74) is 2.51. The number of piperazine rings is 1. The zero-order valence-corrected chi connectivity index (χ0v) is 12.7. The Morgan fingerprint density at radius 2 is 1.86 bits per heavy atom. The number of benzodiazepines with no additional fused rings is 1. The molecule has 1 aromatic rings. The van der Waals surface area contributed by atoms with Gasteiger partial charge in [0.15, 0.2) is 0 Å². The van der Waals surface area contributed by atoms with Gasteiger partial charge < -0.3 is 14.9 Å². The molecule has 2 heterocycles. The zero-order chi connectivity index (χ0) is 14.7. The zero-order valence-electron chi connectivity index (χ0n) is 12.7. The average Bonchev–Trinajstić information content (AvgIpc) is 2.68. The molecule has 0 unspecified atom stereocenters. The van der Waals surface area contributed by atoms with Crippen molar-refractivity contribution in [2.45, 2.75) is 0 Å². The Kier molecular flexibility index (Phi) is 4.41. The number of hydrogen-bond acceptors (Lipinski definition) is 5. The van der Waals surface area contributed by atoms with E-state index >= 15 is 0 Å². The molecule has 0 saturated carbocycles. The lowest BCUT2D eigenvalue weighted by Crippen LogP contribution is -2.49. The monoisotopic (exact) mass is 288 g/mol. The second-order valence-corrected chi connectivity index (χ2v) is 5.70. The van der Waals surface area contributed by atoms with E-state index < -0.39 is 0 Å². The molecule has 0 aliphatic carbocycles. The third kappa shape index (κ3) is 3.04. The molecule has 0 atom stereocenters. The van der Waals surface area contributed by atoms with Crippen LogP contribution in [0.1, 0.15) is 5.56 Å². The lowest BCUT2D eigenvalue weighted by Gasteiger charge is -2.36. The molecule has 1 aromatic carbocycles. The molecule has 1 N–H and O–H groups in total. The number of likely N-dealkylation sites (N-methyl/N-ethyl adjacent to an activating group) is 1. The summed E-state index contributed by atoms with van der Waals surface area (Å²) in [5.74, 6) is 1.14. The molecule has 5 heteroatoms. The van der Waals surface area contributed by atoms with Crippen LogP contribution in [0.25, 0.3) is 0 Å². The van der Waals surface area contributed by atoms with Crippen LogP contribution in [0.15, 0.2) is 29.3 Å². The molecule has 114 valence electrons. The van der Waals surface area contributed by atoms with E-state index in [0.29, 0.717) is 0 Å². The fraction of sp³-hybridized carbons (Fsp3) is 0.562. The number of benzene rings is 1. The average molecular weight is 288 g/mol. The molecule has 1 saturated heterocycles.